The first-order chi connectivity index (χ1) is 10.8. The summed E-state index contributed by atoms with van der Waals surface area (Å²) < 4.78 is 36.8. The van der Waals surface area contributed by atoms with Crippen molar-refractivity contribution in [1.82, 2.24) is 10.3 Å². The van der Waals surface area contributed by atoms with Crippen LogP contribution in [0.15, 0.2) is 34.0 Å². The monoisotopic (exact) mass is 380 g/mol. The lowest BCUT2D eigenvalue weighted by atomic mass is 10.2. The minimum absolute atomic E-state index is 0.162. The van der Waals surface area contributed by atoms with Gasteiger partial charge in [-0.25, -0.2) is 4.98 Å². The van der Waals surface area contributed by atoms with Gasteiger partial charge in [0.2, 0.25) is 5.91 Å². The fraction of sp³-hybridized carbons (Fsp3) is 0.286. The maximum absolute atomic E-state index is 12.0. The summed E-state index contributed by atoms with van der Waals surface area (Å²) in [5.41, 5.74) is 1.51. The van der Waals surface area contributed by atoms with Gasteiger partial charge in [0.1, 0.15) is 10.9 Å². The van der Waals surface area contributed by atoms with Crippen LogP contribution < -0.4 is 5.32 Å². The van der Waals surface area contributed by atoms with Crippen molar-refractivity contribution in [3.63, 3.8) is 0 Å². The summed E-state index contributed by atoms with van der Waals surface area (Å²) in [6, 6.07) is 7.44. The van der Waals surface area contributed by atoms with Crippen molar-refractivity contribution in [2.24, 2.45) is 0 Å². The molecule has 0 unspecified atom stereocenters. The molecule has 0 radical (unpaired) electrons. The van der Waals surface area contributed by atoms with Crippen LogP contribution in [0, 0.1) is 0 Å². The molecule has 2 aromatic rings. The molecule has 2 rings (SSSR count). The lowest BCUT2D eigenvalue weighted by Gasteiger charge is -2.07. The Morgan fingerprint density at radius 1 is 1.39 bits per heavy atom. The predicted octanol–water partition coefficient (Wildman–Crippen LogP) is 4.31. The van der Waals surface area contributed by atoms with Crippen LogP contribution in [0.1, 0.15) is 11.3 Å². The molecule has 9 heteroatoms. The number of rotatable bonds is 6. The molecule has 1 amide bonds. The Kier molecular flexibility index (Phi) is 6.32. The van der Waals surface area contributed by atoms with Gasteiger partial charge in [0.25, 0.3) is 0 Å². The number of hydrogen-bond donors (Lipinski definition) is 1. The van der Waals surface area contributed by atoms with E-state index in [2.05, 4.69) is 4.98 Å². The molecule has 0 bridgehead atoms. The minimum atomic E-state index is -4.41. The largest absolute Gasteiger partial charge is 0.405 e. The number of nitrogens with one attached hydrogen (secondary N) is 1. The van der Waals surface area contributed by atoms with Crippen LogP contribution in [0.5, 0.6) is 0 Å². The highest BCUT2D eigenvalue weighted by atomic mass is 35.5. The topological polar surface area (TPSA) is 42.0 Å². The minimum Gasteiger partial charge on any atom is -0.347 e. The third-order valence-corrected chi connectivity index (χ3v) is 4.99. The van der Waals surface area contributed by atoms with E-state index < -0.39 is 18.6 Å². The zero-order valence-electron chi connectivity index (χ0n) is 11.7. The molecule has 0 atom stereocenters. The molecule has 1 heterocycles. The number of alkyl halides is 3. The number of thioether (sulfide) groups is 1. The lowest BCUT2D eigenvalue weighted by Crippen LogP contribution is -2.34. The van der Waals surface area contributed by atoms with Gasteiger partial charge in [0.15, 0.2) is 0 Å². The first-order valence-electron chi connectivity index (χ1n) is 6.47. The third kappa shape index (κ3) is 6.80. The second-order valence-corrected chi connectivity index (χ2v) is 7.11. The van der Waals surface area contributed by atoms with Crippen molar-refractivity contribution in [2.75, 3.05) is 6.54 Å². The maximum Gasteiger partial charge on any atom is 0.405 e. The number of amides is 1. The van der Waals surface area contributed by atoms with E-state index in [1.807, 2.05) is 23.5 Å². The molecular weight excluding hydrogens is 369 g/mol. The summed E-state index contributed by atoms with van der Waals surface area (Å²) in [7, 11) is 0. The summed E-state index contributed by atoms with van der Waals surface area (Å²) in [4.78, 5) is 15.7. The smallest absolute Gasteiger partial charge is 0.347 e. The average molecular weight is 381 g/mol. The van der Waals surface area contributed by atoms with Crippen LogP contribution in [-0.4, -0.2) is 23.6 Å². The zero-order valence-corrected chi connectivity index (χ0v) is 14.1. The molecule has 0 aliphatic carbocycles. The number of thiazole rings is 1. The van der Waals surface area contributed by atoms with Gasteiger partial charge < -0.3 is 5.32 Å². The van der Waals surface area contributed by atoms with E-state index in [4.69, 9.17) is 11.6 Å². The summed E-state index contributed by atoms with van der Waals surface area (Å²) in [5, 5.41) is 4.15. The van der Waals surface area contributed by atoms with Crippen LogP contribution in [0.25, 0.3) is 0 Å². The molecule has 124 valence electrons. The van der Waals surface area contributed by atoms with Gasteiger partial charge in [0.05, 0.1) is 12.1 Å². The molecule has 23 heavy (non-hydrogen) atoms. The molecule has 1 aromatic carbocycles. The van der Waals surface area contributed by atoms with Crippen LogP contribution in [-0.2, 0) is 17.0 Å². The quantitative estimate of drug-likeness (QED) is 0.759. The zero-order chi connectivity index (χ0) is 16.9. The molecule has 0 aliphatic rings. The Balaban J connectivity index is 1.82. The maximum atomic E-state index is 12.0. The van der Waals surface area contributed by atoms with E-state index in [0.717, 1.165) is 9.90 Å². The second kappa shape index (κ2) is 8.03. The van der Waals surface area contributed by atoms with E-state index in [1.54, 1.807) is 11.4 Å². The van der Waals surface area contributed by atoms with Crippen LogP contribution >= 0.6 is 34.7 Å². The van der Waals surface area contributed by atoms with Crippen molar-refractivity contribution < 1.29 is 18.0 Å². The number of hydrogen-bond acceptors (Lipinski definition) is 4. The molecule has 0 saturated carbocycles. The summed E-state index contributed by atoms with van der Waals surface area (Å²) in [6.45, 7) is -1.33. The van der Waals surface area contributed by atoms with E-state index in [1.165, 1.54) is 23.1 Å². The van der Waals surface area contributed by atoms with Crippen molar-refractivity contribution in [3.05, 3.63) is 45.9 Å². The number of carbonyl (C=O) groups excluding carboxylic acids is 1. The van der Waals surface area contributed by atoms with E-state index >= 15 is 0 Å². The molecule has 1 aromatic heterocycles. The van der Waals surface area contributed by atoms with Gasteiger partial charge in [-0.3, -0.25) is 4.79 Å². The van der Waals surface area contributed by atoms with Crippen LogP contribution in [0.4, 0.5) is 13.2 Å². The van der Waals surface area contributed by atoms with Crippen molar-refractivity contribution in [3.8, 4) is 0 Å². The van der Waals surface area contributed by atoms with E-state index in [-0.39, 0.29) is 6.42 Å². The highest BCUT2D eigenvalue weighted by molar-refractivity contribution is 8.00. The number of carbonyl (C=O) groups is 1. The summed E-state index contributed by atoms with van der Waals surface area (Å²) in [6.07, 6.45) is -4.57. The van der Waals surface area contributed by atoms with Crippen molar-refractivity contribution in [2.45, 2.75) is 22.7 Å². The Morgan fingerprint density at radius 2 is 2.17 bits per heavy atom. The molecule has 3 nitrogen and oxygen atoms in total. The highest BCUT2D eigenvalue weighted by Crippen LogP contribution is 2.27. The predicted molar refractivity (Wildman–Crippen MR) is 85.9 cm³/mol. The Bertz CT molecular complexity index is 676. The van der Waals surface area contributed by atoms with Crippen molar-refractivity contribution >= 4 is 40.6 Å². The molecule has 0 fully saturated rings. The van der Waals surface area contributed by atoms with Gasteiger partial charge in [-0.1, -0.05) is 35.5 Å². The first kappa shape index (κ1) is 18.1. The van der Waals surface area contributed by atoms with Gasteiger partial charge >= 0.3 is 6.18 Å². The molecule has 0 aliphatic heterocycles. The van der Waals surface area contributed by atoms with Gasteiger partial charge in [0, 0.05) is 16.2 Å². The van der Waals surface area contributed by atoms with Crippen LogP contribution in [0.3, 0.4) is 0 Å². The average Bonchev–Trinajstić information content (AvgIpc) is 2.90. The Morgan fingerprint density at radius 3 is 2.87 bits per heavy atom. The Hall–Kier alpha value is -1.25. The first-order valence-corrected chi connectivity index (χ1v) is 8.71. The number of halogens is 4. The van der Waals surface area contributed by atoms with Gasteiger partial charge in [-0.2, -0.15) is 13.2 Å². The summed E-state index contributed by atoms with van der Waals surface area (Å²) >= 11 is 8.74. The van der Waals surface area contributed by atoms with E-state index in [0.29, 0.717) is 16.5 Å². The Labute approximate surface area is 144 Å². The van der Waals surface area contributed by atoms with Crippen molar-refractivity contribution in [1.29, 1.82) is 0 Å². The van der Waals surface area contributed by atoms with Gasteiger partial charge in [-0.15, -0.1) is 11.3 Å². The number of nitrogens with zero attached hydrogens (tertiary/aromatic N) is 1. The SMILES string of the molecule is O=C(Cc1csc(SCc2cccc(Cl)c2)n1)NCC(F)(F)F. The normalized spacial score (nSPS) is 11.5. The van der Waals surface area contributed by atoms with Gasteiger partial charge in [-0.05, 0) is 17.7 Å². The second-order valence-electron chi connectivity index (χ2n) is 4.59. The lowest BCUT2D eigenvalue weighted by molar-refractivity contribution is -0.138. The number of aromatic nitrogens is 1. The molecule has 0 saturated heterocycles. The standard InChI is InChI=1S/C14H12ClF3N2OS2/c15-10-3-1-2-9(4-10)6-22-13-20-11(7-23-13)5-12(21)19-8-14(16,17)18/h1-4,7H,5-6,8H2,(H,19,21). The third-order valence-electron chi connectivity index (χ3n) is 2.61. The molecule has 0 spiro atoms. The molecular formula is C14H12ClF3N2OS2. The molecule has 1 N–H and O–H groups in total. The summed E-state index contributed by atoms with van der Waals surface area (Å²) in [5.74, 6) is -0.0210. The fourth-order valence-corrected chi connectivity index (χ4v) is 3.63. The fourth-order valence-electron chi connectivity index (χ4n) is 1.63. The van der Waals surface area contributed by atoms with Crippen LogP contribution in [0.2, 0.25) is 5.02 Å². The van der Waals surface area contributed by atoms with E-state index in [9.17, 15) is 18.0 Å². The number of benzene rings is 1. The highest BCUT2D eigenvalue weighted by Gasteiger charge is 2.27.